The van der Waals surface area contributed by atoms with Crippen LogP contribution in [0.5, 0.6) is 0 Å². The fourth-order valence-electron chi connectivity index (χ4n) is 2.03. The summed E-state index contributed by atoms with van der Waals surface area (Å²) in [7, 11) is 0. The van der Waals surface area contributed by atoms with Gasteiger partial charge in [0, 0.05) is 13.3 Å². The molecule has 86 valence electrons. The SMILES string of the molecule is CC.CC(=O)OC1CCC2CC1OC2=O. The molecule has 1 heterocycles. The van der Waals surface area contributed by atoms with E-state index < -0.39 is 0 Å². The Morgan fingerprint density at radius 2 is 2.07 bits per heavy atom. The maximum Gasteiger partial charge on any atom is 0.309 e. The highest BCUT2D eigenvalue weighted by Gasteiger charge is 2.44. The summed E-state index contributed by atoms with van der Waals surface area (Å²) < 4.78 is 10.1. The molecule has 1 aliphatic carbocycles. The lowest BCUT2D eigenvalue weighted by atomic mass is 9.88. The summed E-state index contributed by atoms with van der Waals surface area (Å²) in [6, 6.07) is 0. The van der Waals surface area contributed by atoms with Crippen molar-refractivity contribution in [3.05, 3.63) is 0 Å². The lowest BCUT2D eigenvalue weighted by molar-refractivity contribution is -0.158. The molecule has 15 heavy (non-hydrogen) atoms. The van der Waals surface area contributed by atoms with Crippen molar-refractivity contribution in [1.29, 1.82) is 0 Å². The van der Waals surface area contributed by atoms with Gasteiger partial charge in [-0.25, -0.2) is 0 Å². The zero-order valence-corrected chi connectivity index (χ0v) is 9.49. The van der Waals surface area contributed by atoms with Gasteiger partial charge in [-0.1, -0.05) is 13.8 Å². The van der Waals surface area contributed by atoms with E-state index in [4.69, 9.17) is 9.47 Å². The molecule has 0 spiro atoms. The van der Waals surface area contributed by atoms with Gasteiger partial charge in [0.15, 0.2) is 0 Å². The van der Waals surface area contributed by atoms with Gasteiger partial charge >= 0.3 is 11.9 Å². The van der Waals surface area contributed by atoms with Crippen LogP contribution >= 0.6 is 0 Å². The van der Waals surface area contributed by atoms with Crippen LogP contribution in [0.25, 0.3) is 0 Å². The Bertz CT molecular complexity index is 249. The highest BCUT2D eigenvalue weighted by Crippen LogP contribution is 2.35. The van der Waals surface area contributed by atoms with Crippen LogP contribution in [0.15, 0.2) is 0 Å². The van der Waals surface area contributed by atoms with Crippen molar-refractivity contribution < 1.29 is 19.1 Å². The molecular weight excluding hydrogens is 196 g/mol. The van der Waals surface area contributed by atoms with Gasteiger partial charge in [-0.15, -0.1) is 0 Å². The first kappa shape index (κ1) is 12.0. The number of carbonyl (C=O) groups excluding carboxylic acids is 2. The monoisotopic (exact) mass is 214 g/mol. The average molecular weight is 214 g/mol. The molecular formula is C11H18O4. The van der Waals surface area contributed by atoms with Gasteiger partial charge in [0.05, 0.1) is 5.92 Å². The minimum atomic E-state index is -0.300. The van der Waals surface area contributed by atoms with E-state index in [1.807, 2.05) is 13.8 Å². The molecule has 0 N–H and O–H groups in total. The quantitative estimate of drug-likeness (QED) is 0.623. The summed E-state index contributed by atoms with van der Waals surface area (Å²) in [6.45, 7) is 5.38. The van der Waals surface area contributed by atoms with Crippen molar-refractivity contribution in [2.24, 2.45) is 5.92 Å². The fraction of sp³-hybridized carbons (Fsp3) is 0.818. The van der Waals surface area contributed by atoms with E-state index in [1.54, 1.807) is 0 Å². The van der Waals surface area contributed by atoms with Gasteiger partial charge in [-0.2, -0.15) is 0 Å². The van der Waals surface area contributed by atoms with Crippen molar-refractivity contribution in [2.45, 2.75) is 52.2 Å². The van der Waals surface area contributed by atoms with Gasteiger partial charge in [0.25, 0.3) is 0 Å². The van der Waals surface area contributed by atoms with E-state index in [1.165, 1.54) is 6.92 Å². The van der Waals surface area contributed by atoms with Gasteiger partial charge in [-0.05, 0) is 12.8 Å². The topological polar surface area (TPSA) is 52.6 Å². The van der Waals surface area contributed by atoms with Crippen LogP contribution in [0.3, 0.4) is 0 Å². The minimum Gasteiger partial charge on any atom is -0.459 e. The van der Waals surface area contributed by atoms with Gasteiger partial charge in [-0.3, -0.25) is 9.59 Å². The number of hydrogen-bond donors (Lipinski definition) is 0. The lowest BCUT2D eigenvalue weighted by Crippen LogP contribution is -2.32. The molecule has 1 saturated heterocycles. The van der Waals surface area contributed by atoms with Crippen LogP contribution in [0.2, 0.25) is 0 Å². The zero-order chi connectivity index (χ0) is 11.4. The fourth-order valence-corrected chi connectivity index (χ4v) is 2.03. The second kappa shape index (κ2) is 5.14. The third-order valence-electron chi connectivity index (χ3n) is 2.65. The zero-order valence-electron chi connectivity index (χ0n) is 9.49. The van der Waals surface area contributed by atoms with Crippen LogP contribution in [-0.4, -0.2) is 24.1 Å². The average Bonchev–Trinajstić information content (AvgIpc) is 2.51. The molecule has 0 aromatic heterocycles. The van der Waals surface area contributed by atoms with Crippen LogP contribution in [-0.2, 0) is 19.1 Å². The molecule has 2 aliphatic rings. The van der Waals surface area contributed by atoms with Crippen LogP contribution in [0, 0.1) is 5.92 Å². The van der Waals surface area contributed by atoms with Crippen molar-refractivity contribution in [3.8, 4) is 0 Å². The van der Waals surface area contributed by atoms with E-state index in [0.29, 0.717) is 0 Å². The van der Waals surface area contributed by atoms with E-state index in [9.17, 15) is 9.59 Å². The standard InChI is InChI=1S/C9H12O4.C2H6/c1-5(10)12-7-3-2-6-4-8(7)13-9(6)11;1-2/h6-8H,2-4H2,1H3;1-2H3. The smallest absolute Gasteiger partial charge is 0.309 e. The molecule has 3 atom stereocenters. The Morgan fingerprint density at radius 1 is 1.40 bits per heavy atom. The molecule has 0 amide bonds. The molecule has 4 nitrogen and oxygen atoms in total. The molecule has 0 aromatic carbocycles. The summed E-state index contributed by atoms with van der Waals surface area (Å²) in [5.74, 6) is -0.372. The molecule has 4 heteroatoms. The molecule has 2 fully saturated rings. The highest BCUT2D eigenvalue weighted by atomic mass is 16.6. The van der Waals surface area contributed by atoms with Crippen LogP contribution < -0.4 is 0 Å². The number of hydrogen-bond acceptors (Lipinski definition) is 4. The van der Waals surface area contributed by atoms with Crippen LogP contribution in [0.4, 0.5) is 0 Å². The molecule has 1 aliphatic heterocycles. The number of esters is 2. The predicted molar refractivity (Wildman–Crippen MR) is 54.1 cm³/mol. The maximum absolute atomic E-state index is 11.1. The molecule has 1 saturated carbocycles. The Labute approximate surface area is 89.9 Å². The Balaban J connectivity index is 0.000000531. The van der Waals surface area contributed by atoms with Crippen molar-refractivity contribution in [1.82, 2.24) is 0 Å². The number of fused-ring (bicyclic) bond motifs is 2. The number of carbonyl (C=O) groups is 2. The Morgan fingerprint density at radius 3 is 2.67 bits per heavy atom. The molecule has 0 aromatic rings. The third kappa shape index (κ3) is 2.70. The first-order chi connectivity index (χ1) is 7.16. The van der Waals surface area contributed by atoms with Crippen LogP contribution in [0.1, 0.15) is 40.0 Å². The Hall–Kier alpha value is -1.06. The van der Waals surface area contributed by atoms with Gasteiger partial charge in [0.1, 0.15) is 12.2 Å². The summed E-state index contributed by atoms with van der Waals surface area (Å²) in [6.07, 6.45) is 1.86. The number of rotatable bonds is 1. The highest BCUT2D eigenvalue weighted by molar-refractivity contribution is 5.75. The second-order valence-corrected chi connectivity index (χ2v) is 3.63. The molecule has 3 unspecified atom stereocenters. The number of ether oxygens (including phenoxy) is 2. The first-order valence-corrected chi connectivity index (χ1v) is 5.54. The van der Waals surface area contributed by atoms with Crippen molar-refractivity contribution in [2.75, 3.05) is 0 Å². The first-order valence-electron chi connectivity index (χ1n) is 5.54. The van der Waals surface area contributed by atoms with Gasteiger partial charge in [0.2, 0.25) is 0 Å². The van der Waals surface area contributed by atoms with E-state index in [-0.39, 0.29) is 30.1 Å². The summed E-state index contributed by atoms with van der Waals surface area (Å²) in [5.41, 5.74) is 0. The van der Waals surface area contributed by atoms with E-state index in [0.717, 1.165) is 19.3 Å². The predicted octanol–water partition coefficient (Wildman–Crippen LogP) is 1.67. The second-order valence-electron chi connectivity index (χ2n) is 3.63. The summed E-state index contributed by atoms with van der Waals surface area (Å²) in [5, 5.41) is 0. The van der Waals surface area contributed by atoms with E-state index >= 15 is 0 Å². The lowest BCUT2D eigenvalue weighted by Gasteiger charge is -2.24. The third-order valence-corrected chi connectivity index (χ3v) is 2.65. The largest absolute Gasteiger partial charge is 0.459 e. The molecule has 0 radical (unpaired) electrons. The minimum absolute atomic E-state index is 0.0526. The van der Waals surface area contributed by atoms with E-state index in [2.05, 4.69) is 0 Å². The van der Waals surface area contributed by atoms with Crippen molar-refractivity contribution >= 4 is 11.9 Å². The summed E-state index contributed by atoms with van der Waals surface area (Å²) >= 11 is 0. The maximum atomic E-state index is 11.1. The van der Waals surface area contributed by atoms with Crippen molar-refractivity contribution in [3.63, 3.8) is 0 Å². The normalized spacial score (nSPS) is 32.5. The molecule has 2 rings (SSSR count). The summed E-state index contributed by atoms with van der Waals surface area (Å²) in [4.78, 5) is 21.8. The Kier molecular flexibility index (Phi) is 4.12. The molecule has 2 bridgehead atoms. The van der Waals surface area contributed by atoms with Gasteiger partial charge < -0.3 is 9.47 Å².